The van der Waals surface area contributed by atoms with Crippen molar-refractivity contribution in [3.63, 3.8) is 0 Å². The van der Waals surface area contributed by atoms with E-state index in [1.165, 1.54) is 0 Å². The first-order chi connectivity index (χ1) is 18.8. The molecule has 2 unspecified atom stereocenters. The summed E-state index contributed by atoms with van der Waals surface area (Å²) in [6.07, 6.45) is -4.34. The van der Waals surface area contributed by atoms with E-state index in [2.05, 4.69) is 0 Å². The lowest BCUT2D eigenvalue weighted by Gasteiger charge is -2.26. The molecule has 0 heterocycles. The zero-order chi connectivity index (χ0) is 30.1. The van der Waals surface area contributed by atoms with Crippen molar-refractivity contribution in [2.75, 3.05) is 0 Å². The van der Waals surface area contributed by atoms with Crippen molar-refractivity contribution in [2.24, 2.45) is 0 Å². The van der Waals surface area contributed by atoms with E-state index < -0.39 is 43.9 Å². The monoisotopic (exact) mass is 558 g/mol. The number of hydrogen-bond donors (Lipinski definition) is 0. The maximum absolute atomic E-state index is 14.3. The molecule has 0 aliphatic rings. The number of hydrogen-bond acceptors (Lipinski definition) is 9. The van der Waals surface area contributed by atoms with E-state index in [-0.39, 0.29) is 44.3 Å². The molecular weight excluding hydrogens is 524 g/mol. The van der Waals surface area contributed by atoms with Gasteiger partial charge in [0.25, 0.3) is 0 Å². The normalized spacial score (nSPS) is 12.8. The fourth-order valence-electron chi connectivity index (χ4n) is 5.03. The zero-order valence-electron chi connectivity index (χ0n) is 23.0. The number of carbonyl (C=O) groups excluding carboxylic acids is 1. The van der Waals surface area contributed by atoms with Crippen LogP contribution in [0, 0.1) is 68.2 Å². The Balaban J connectivity index is 2.50. The Hall–Kier alpha value is -4.29. The number of nitrogens with zero attached hydrogens (tertiary/aromatic N) is 4. The van der Waals surface area contributed by atoms with Gasteiger partial charge >= 0.3 is 12.3 Å². The van der Waals surface area contributed by atoms with Gasteiger partial charge in [0.2, 0.25) is 0 Å². The summed E-state index contributed by atoms with van der Waals surface area (Å²) in [6.45, 7) is 7.47. The summed E-state index contributed by atoms with van der Waals surface area (Å²) in [5, 5.41) is 44.6. The van der Waals surface area contributed by atoms with Crippen LogP contribution in [-0.4, -0.2) is 37.8 Å². The van der Waals surface area contributed by atoms with Crippen LogP contribution in [0.25, 0.3) is 0 Å². The van der Waals surface area contributed by atoms with Gasteiger partial charge in [-0.05, 0) is 86.8 Å². The van der Waals surface area contributed by atoms with Crippen molar-refractivity contribution in [1.29, 1.82) is 0 Å². The van der Waals surface area contributed by atoms with Gasteiger partial charge < -0.3 is 0 Å². The topological polar surface area (TPSA) is 190 Å². The third-order valence-corrected chi connectivity index (χ3v) is 7.61. The van der Waals surface area contributed by atoms with Crippen LogP contribution in [0.2, 0.25) is 0 Å². The Kier molecular flexibility index (Phi) is 11.3. The molecule has 2 aromatic rings. The van der Waals surface area contributed by atoms with Crippen molar-refractivity contribution in [2.45, 2.75) is 90.4 Å². The average molecular weight is 559 g/mol. The minimum absolute atomic E-state index is 0.0423. The summed E-state index contributed by atoms with van der Waals surface area (Å²) in [7, 11) is 0. The summed E-state index contributed by atoms with van der Waals surface area (Å²) in [4.78, 5) is 55.1. The van der Waals surface area contributed by atoms with Crippen LogP contribution < -0.4 is 0 Å². The highest BCUT2D eigenvalue weighted by atomic mass is 16.7. The van der Waals surface area contributed by atoms with E-state index in [1.54, 1.807) is 24.3 Å². The van der Waals surface area contributed by atoms with Gasteiger partial charge in [0.15, 0.2) is 0 Å². The number of aryl methyl sites for hydroxylation is 2. The zero-order valence-corrected chi connectivity index (χ0v) is 23.0. The minimum atomic E-state index is -1.98. The SMILES string of the molecule is Cc1cccc(C(CCCC([N+](=O)[O-])[N+](=O)[O-])C(=O)C(CCCC([N+](=O)[O-])[N+](=O)[O-])c2cccc(C)c2C)c1C. The molecule has 0 fully saturated rings. The molecule has 0 bridgehead atoms. The second-order valence-electron chi connectivity index (χ2n) is 10.1. The maximum atomic E-state index is 14.3. The third-order valence-electron chi connectivity index (χ3n) is 7.61. The Morgan fingerprint density at radius 1 is 0.600 bits per heavy atom. The van der Waals surface area contributed by atoms with Gasteiger partial charge in [-0.25, -0.2) is 0 Å². The molecule has 0 spiro atoms. The van der Waals surface area contributed by atoms with Crippen LogP contribution in [-0.2, 0) is 4.79 Å². The number of nitro groups is 4. The molecule has 13 heteroatoms. The van der Waals surface area contributed by atoms with Crippen LogP contribution in [0.3, 0.4) is 0 Å². The molecule has 0 saturated carbocycles. The fraction of sp³-hybridized carbons (Fsp3) is 0.519. The van der Waals surface area contributed by atoms with E-state index in [1.807, 2.05) is 39.8 Å². The molecular formula is C27H34N4O9. The summed E-state index contributed by atoms with van der Waals surface area (Å²) in [5.41, 5.74) is 4.95. The van der Waals surface area contributed by atoms with Crippen molar-refractivity contribution in [3.8, 4) is 0 Å². The van der Waals surface area contributed by atoms with Crippen molar-refractivity contribution < 1.29 is 24.5 Å². The van der Waals surface area contributed by atoms with E-state index >= 15 is 0 Å². The highest BCUT2D eigenvalue weighted by molar-refractivity contribution is 5.92. The lowest BCUT2D eigenvalue weighted by Crippen LogP contribution is -2.30. The first-order valence-corrected chi connectivity index (χ1v) is 13.0. The number of ketones is 1. The highest BCUT2D eigenvalue weighted by Gasteiger charge is 2.36. The summed E-state index contributed by atoms with van der Waals surface area (Å²) >= 11 is 0. The Bertz CT molecular complexity index is 1160. The van der Waals surface area contributed by atoms with E-state index in [0.717, 1.165) is 22.3 Å². The molecule has 2 rings (SSSR count). The molecule has 0 aliphatic carbocycles. The van der Waals surface area contributed by atoms with Crippen LogP contribution in [0.15, 0.2) is 36.4 Å². The van der Waals surface area contributed by atoms with Crippen molar-refractivity contribution in [1.82, 2.24) is 0 Å². The Morgan fingerprint density at radius 2 is 0.925 bits per heavy atom. The number of rotatable bonds is 16. The molecule has 0 radical (unpaired) electrons. The van der Waals surface area contributed by atoms with Crippen molar-refractivity contribution >= 4 is 5.78 Å². The molecule has 2 atom stereocenters. The standard InChI is InChI=1S/C27H34N4O9/c1-17-9-5-11-21(19(17)3)23(13-7-15-25(28(33)34)29(35)36)27(32)24(22-12-6-10-18(2)20(22)4)14-8-16-26(30(37)38)31(39)40/h5-6,9-12,23-26H,7-8,13-16H2,1-4H3. The first-order valence-electron chi connectivity index (χ1n) is 13.0. The van der Waals surface area contributed by atoms with Gasteiger partial charge in [0.05, 0.1) is 32.5 Å². The lowest BCUT2D eigenvalue weighted by atomic mass is 9.76. The smallest absolute Gasteiger partial charge is 0.298 e. The second-order valence-corrected chi connectivity index (χ2v) is 10.1. The lowest BCUT2D eigenvalue weighted by molar-refractivity contribution is -0.743. The van der Waals surface area contributed by atoms with Gasteiger partial charge in [0.1, 0.15) is 5.78 Å². The molecule has 13 nitrogen and oxygen atoms in total. The number of benzene rings is 2. The average Bonchev–Trinajstić information content (AvgIpc) is 2.87. The van der Waals surface area contributed by atoms with E-state index in [9.17, 15) is 45.3 Å². The molecule has 40 heavy (non-hydrogen) atoms. The molecule has 0 N–H and O–H groups in total. The summed E-state index contributed by atoms with van der Waals surface area (Å²) < 4.78 is 0. The fourth-order valence-corrected chi connectivity index (χ4v) is 5.03. The minimum Gasteiger partial charge on any atom is -0.298 e. The first kappa shape index (κ1) is 31.9. The second kappa shape index (κ2) is 14.2. The molecule has 0 aromatic heterocycles. The van der Waals surface area contributed by atoms with Crippen LogP contribution in [0.4, 0.5) is 0 Å². The predicted molar refractivity (Wildman–Crippen MR) is 146 cm³/mol. The molecule has 216 valence electrons. The summed E-state index contributed by atoms with van der Waals surface area (Å²) in [6, 6.07) is 10.9. The Morgan fingerprint density at radius 3 is 1.23 bits per heavy atom. The van der Waals surface area contributed by atoms with Gasteiger partial charge in [-0.2, -0.15) is 0 Å². The highest BCUT2D eigenvalue weighted by Crippen LogP contribution is 2.37. The van der Waals surface area contributed by atoms with Gasteiger partial charge in [-0.1, -0.05) is 36.4 Å². The molecule has 0 aliphatic heterocycles. The van der Waals surface area contributed by atoms with Gasteiger partial charge in [-0.3, -0.25) is 45.3 Å². The van der Waals surface area contributed by atoms with Gasteiger partial charge in [-0.15, -0.1) is 0 Å². The summed E-state index contributed by atoms with van der Waals surface area (Å²) in [5.74, 6) is -1.75. The van der Waals surface area contributed by atoms with Crippen LogP contribution in [0.1, 0.15) is 83.7 Å². The molecule has 0 saturated heterocycles. The maximum Gasteiger partial charge on any atom is 0.450 e. The van der Waals surface area contributed by atoms with Crippen LogP contribution >= 0.6 is 0 Å². The quantitative estimate of drug-likeness (QED) is 0.146. The van der Waals surface area contributed by atoms with E-state index in [0.29, 0.717) is 11.1 Å². The molecule has 0 amide bonds. The van der Waals surface area contributed by atoms with Gasteiger partial charge in [0, 0.05) is 11.8 Å². The van der Waals surface area contributed by atoms with Crippen molar-refractivity contribution in [3.05, 3.63) is 110 Å². The molecule has 2 aromatic carbocycles. The third kappa shape index (κ3) is 7.87. The number of Topliss-reactive ketones (excluding diaryl/α,β-unsaturated/α-hetero) is 1. The largest absolute Gasteiger partial charge is 0.450 e. The predicted octanol–water partition coefficient (Wildman–Crippen LogP) is 5.46. The number of carbonyl (C=O) groups is 1. The Labute approximate surface area is 231 Å². The van der Waals surface area contributed by atoms with Crippen LogP contribution in [0.5, 0.6) is 0 Å². The van der Waals surface area contributed by atoms with E-state index in [4.69, 9.17) is 0 Å².